The maximum atomic E-state index is 14.5. The van der Waals surface area contributed by atoms with Crippen LogP contribution in [0.25, 0.3) is 0 Å². The Bertz CT molecular complexity index is 779. The van der Waals surface area contributed by atoms with Crippen LogP contribution in [0.2, 0.25) is 0 Å². The van der Waals surface area contributed by atoms with Gasteiger partial charge in [-0.2, -0.15) is 0 Å². The number of aliphatic hydroxyl groups is 2. The number of nitrogens with one attached hydrogen (secondary N) is 2. The quantitative estimate of drug-likeness (QED) is 0.617. The molecule has 3 amide bonds. The molecule has 2 heterocycles. The number of halogens is 1. The van der Waals surface area contributed by atoms with Gasteiger partial charge in [0.25, 0.3) is 5.91 Å². The second-order valence-corrected chi connectivity index (χ2v) is 6.87. The van der Waals surface area contributed by atoms with Gasteiger partial charge < -0.3 is 25.6 Å². The normalized spacial score (nSPS) is 30.7. The van der Waals surface area contributed by atoms with Crippen LogP contribution >= 0.6 is 0 Å². The van der Waals surface area contributed by atoms with Crippen molar-refractivity contribution < 1.29 is 28.9 Å². The summed E-state index contributed by atoms with van der Waals surface area (Å²) in [6, 6.07) is 4.45. The third-order valence-electron chi connectivity index (χ3n) is 4.55. The van der Waals surface area contributed by atoms with Gasteiger partial charge in [-0.05, 0) is 32.9 Å². The highest BCUT2D eigenvalue weighted by Crippen LogP contribution is 2.26. The summed E-state index contributed by atoms with van der Waals surface area (Å²) in [4.78, 5) is 25.5. The van der Waals surface area contributed by atoms with Crippen molar-refractivity contribution in [1.82, 2.24) is 15.5 Å². The molecule has 2 aliphatic rings. The van der Waals surface area contributed by atoms with Gasteiger partial charge in [-0.25, -0.2) is 9.18 Å². The molecule has 1 unspecified atom stereocenters. The smallest absolute Gasteiger partial charge is 0.325 e. The highest BCUT2D eigenvalue weighted by atomic mass is 19.1. The van der Waals surface area contributed by atoms with Crippen LogP contribution in [0.15, 0.2) is 30.2 Å². The Morgan fingerprint density at radius 2 is 1.85 bits per heavy atom. The van der Waals surface area contributed by atoms with Crippen LogP contribution in [0.3, 0.4) is 0 Å². The second-order valence-electron chi connectivity index (χ2n) is 6.87. The first-order chi connectivity index (χ1) is 12.7. The second kappa shape index (κ2) is 7.26. The van der Waals surface area contributed by atoms with Gasteiger partial charge in [-0.3, -0.25) is 9.69 Å². The van der Waals surface area contributed by atoms with Crippen molar-refractivity contribution in [3.05, 3.63) is 46.9 Å². The Hall–Kier alpha value is -2.49. The van der Waals surface area contributed by atoms with E-state index >= 15 is 0 Å². The lowest BCUT2D eigenvalue weighted by Gasteiger charge is -2.33. The number of aliphatic hydroxyl groups excluding tert-OH is 2. The SMILES string of the molecule is Cc1cc(C)cc(C(=O)NC2NC(=O)N([C@@H]3O[C@H](C)[C@@H](O)[C@H]3O)C=C2F)c1. The minimum atomic E-state index is -1.38. The first kappa shape index (κ1) is 19.3. The van der Waals surface area contributed by atoms with Gasteiger partial charge in [-0.15, -0.1) is 0 Å². The molecule has 5 atom stereocenters. The molecule has 4 N–H and O–H groups in total. The average Bonchev–Trinajstić information content (AvgIpc) is 2.84. The highest BCUT2D eigenvalue weighted by molar-refractivity contribution is 5.95. The maximum absolute atomic E-state index is 14.5. The number of aryl methyl sites for hydroxylation is 2. The molecule has 1 fully saturated rings. The molecule has 27 heavy (non-hydrogen) atoms. The number of ether oxygens (including phenoxy) is 1. The Labute approximate surface area is 155 Å². The fraction of sp³-hybridized carbons (Fsp3) is 0.444. The molecule has 1 saturated heterocycles. The molecule has 1 aromatic carbocycles. The fourth-order valence-corrected chi connectivity index (χ4v) is 3.20. The van der Waals surface area contributed by atoms with Gasteiger partial charge in [0, 0.05) is 11.8 Å². The molecule has 1 aromatic rings. The third kappa shape index (κ3) is 3.80. The topological polar surface area (TPSA) is 111 Å². The van der Waals surface area contributed by atoms with Crippen molar-refractivity contribution in [2.45, 2.75) is 51.5 Å². The van der Waals surface area contributed by atoms with Crippen LogP contribution in [-0.2, 0) is 4.74 Å². The van der Waals surface area contributed by atoms with Gasteiger partial charge in [-0.1, -0.05) is 17.2 Å². The lowest BCUT2D eigenvalue weighted by Crippen LogP contribution is -2.58. The van der Waals surface area contributed by atoms with E-state index in [0.717, 1.165) is 22.2 Å². The summed E-state index contributed by atoms with van der Waals surface area (Å²) in [5.74, 6) is -1.37. The molecule has 9 heteroatoms. The lowest BCUT2D eigenvalue weighted by atomic mass is 10.1. The molecule has 0 aliphatic carbocycles. The number of urea groups is 1. The van der Waals surface area contributed by atoms with Crippen LogP contribution in [0.4, 0.5) is 9.18 Å². The van der Waals surface area contributed by atoms with Gasteiger partial charge >= 0.3 is 6.03 Å². The van der Waals surface area contributed by atoms with Gasteiger partial charge in [0.1, 0.15) is 12.2 Å². The number of benzene rings is 1. The number of nitrogens with zero attached hydrogens (tertiary/aromatic N) is 1. The number of carbonyl (C=O) groups excluding carboxylic acids is 2. The van der Waals surface area contributed by atoms with Crippen molar-refractivity contribution in [2.24, 2.45) is 0 Å². The minimum absolute atomic E-state index is 0.350. The average molecular weight is 379 g/mol. The van der Waals surface area contributed by atoms with Crippen LogP contribution < -0.4 is 10.6 Å². The molecule has 0 radical (unpaired) electrons. The molecule has 0 spiro atoms. The number of amides is 3. The van der Waals surface area contributed by atoms with Crippen molar-refractivity contribution in [1.29, 1.82) is 0 Å². The summed E-state index contributed by atoms with van der Waals surface area (Å²) in [5.41, 5.74) is 2.12. The molecule has 8 nitrogen and oxygen atoms in total. The summed E-state index contributed by atoms with van der Waals surface area (Å²) in [5, 5.41) is 24.5. The summed E-state index contributed by atoms with van der Waals surface area (Å²) in [6.45, 7) is 5.21. The Morgan fingerprint density at radius 3 is 2.41 bits per heavy atom. The zero-order valence-corrected chi connectivity index (χ0v) is 15.1. The van der Waals surface area contributed by atoms with Crippen LogP contribution in [-0.4, -0.2) is 57.8 Å². The standard InChI is InChI=1S/C18H22FN3O5/c1-8-4-9(2)6-11(5-8)16(25)20-15-12(19)7-22(18(26)21-15)17-14(24)13(23)10(3)27-17/h4-7,10,13-15,17,23-24H,1-3H3,(H,20,25)(H,21,26)/t10-,13-,14-,15?,17-/m1/s1. The lowest BCUT2D eigenvalue weighted by molar-refractivity contribution is -0.0517. The van der Waals surface area contributed by atoms with Crippen molar-refractivity contribution >= 4 is 11.9 Å². The van der Waals surface area contributed by atoms with Crippen molar-refractivity contribution in [3.63, 3.8) is 0 Å². The van der Waals surface area contributed by atoms with E-state index in [1.54, 1.807) is 12.1 Å². The molecular weight excluding hydrogens is 357 g/mol. The number of carbonyl (C=O) groups is 2. The van der Waals surface area contributed by atoms with Crippen molar-refractivity contribution in [2.75, 3.05) is 0 Å². The molecule has 0 bridgehead atoms. The number of hydrogen-bond acceptors (Lipinski definition) is 5. The van der Waals surface area contributed by atoms with E-state index in [0.29, 0.717) is 5.56 Å². The maximum Gasteiger partial charge on any atom is 0.325 e. The molecule has 2 aliphatic heterocycles. The summed E-state index contributed by atoms with van der Waals surface area (Å²) >= 11 is 0. The van der Waals surface area contributed by atoms with Crippen LogP contribution in [0, 0.1) is 13.8 Å². The first-order valence-electron chi connectivity index (χ1n) is 8.54. The Kier molecular flexibility index (Phi) is 5.18. The van der Waals surface area contributed by atoms with Gasteiger partial charge in [0.05, 0.1) is 6.10 Å². The molecule has 3 rings (SSSR count). The van der Waals surface area contributed by atoms with E-state index in [1.807, 2.05) is 19.9 Å². The first-order valence-corrected chi connectivity index (χ1v) is 8.54. The monoisotopic (exact) mass is 379 g/mol. The predicted molar refractivity (Wildman–Crippen MR) is 93.1 cm³/mol. The van der Waals surface area contributed by atoms with Crippen LogP contribution in [0.1, 0.15) is 28.4 Å². The van der Waals surface area contributed by atoms with E-state index in [2.05, 4.69) is 10.6 Å². The molecule has 0 saturated carbocycles. The zero-order valence-electron chi connectivity index (χ0n) is 15.1. The Balaban J connectivity index is 1.74. The zero-order chi connectivity index (χ0) is 19.9. The summed E-state index contributed by atoms with van der Waals surface area (Å²) in [7, 11) is 0. The minimum Gasteiger partial charge on any atom is -0.388 e. The fourth-order valence-electron chi connectivity index (χ4n) is 3.20. The molecular formula is C18H22FN3O5. The van der Waals surface area contributed by atoms with E-state index in [-0.39, 0.29) is 0 Å². The number of rotatable bonds is 3. The van der Waals surface area contributed by atoms with E-state index in [9.17, 15) is 24.2 Å². The van der Waals surface area contributed by atoms with Gasteiger partial charge in [0.2, 0.25) is 0 Å². The third-order valence-corrected chi connectivity index (χ3v) is 4.55. The largest absolute Gasteiger partial charge is 0.388 e. The summed E-state index contributed by atoms with van der Waals surface area (Å²) < 4.78 is 19.8. The van der Waals surface area contributed by atoms with Crippen molar-refractivity contribution in [3.8, 4) is 0 Å². The van der Waals surface area contributed by atoms with Crippen LogP contribution in [0.5, 0.6) is 0 Å². The van der Waals surface area contributed by atoms with Gasteiger partial charge in [0.15, 0.2) is 18.2 Å². The molecule has 0 aromatic heterocycles. The summed E-state index contributed by atoms with van der Waals surface area (Å²) in [6.07, 6.45) is -5.00. The number of hydrogen-bond donors (Lipinski definition) is 4. The Morgan fingerprint density at radius 1 is 1.22 bits per heavy atom. The van der Waals surface area contributed by atoms with E-state index in [4.69, 9.17) is 4.74 Å². The highest BCUT2D eigenvalue weighted by Gasteiger charge is 2.46. The van der Waals surface area contributed by atoms with E-state index < -0.39 is 48.5 Å². The molecule has 146 valence electrons. The predicted octanol–water partition coefficient (Wildman–Crippen LogP) is 0.662. The van der Waals surface area contributed by atoms with E-state index in [1.165, 1.54) is 6.92 Å².